The summed E-state index contributed by atoms with van der Waals surface area (Å²) in [7, 11) is -1.96. The van der Waals surface area contributed by atoms with Crippen LogP contribution in [0.2, 0.25) is 0 Å². The van der Waals surface area contributed by atoms with Crippen LogP contribution in [0.15, 0.2) is 78.4 Å². The zero-order valence-electron chi connectivity index (χ0n) is 32.5. The fourth-order valence-electron chi connectivity index (χ4n) is 6.66. The van der Waals surface area contributed by atoms with Gasteiger partial charge in [-0.1, -0.05) is 43.8 Å². The number of benzene rings is 2. The third kappa shape index (κ3) is 15.6. The molecule has 2 aromatic carbocycles. The summed E-state index contributed by atoms with van der Waals surface area (Å²) in [6.45, 7) is 8.75. The molecule has 0 saturated carbocycles. The maximum absolute atomic E-state index is 12.5. The van der Waals surface area contributed by atoms with Crippen LogP contribution in [0.5, 0.6) is 0 Å². The second kappa shape index (κ2) is 20.1. The van der Waals surface area contributed by atoms with Crippen LogP contribution in [-0.4, -0.2) is 164 Å². The molecular weight excluding hydrogens is 741 g/mol. The van der Waals surface area contributed by atoms with E-state index in [0.717, 1.165) is 39.2 Å². The van der Waals surface area contributed by atoms with E-state index >= 15 is 0 Å². The molecule has 12 nitrogen and oxygen atoms in total. The molecule has 300 valence electrons. The summed E-state index contributed by atoms with van der Waals surface area (Å²) >= 11 is 0. The summed E-state index contributed by atoms with van der Waals surface area (Å²) in [4.78, 5) is 41.0. The average molecular weight is 806 g/mol. The Bertz CT molecular complexity index is 1750. The minimum atomic E-state index is -3.37. The van der Waals surface area contributed by atoms with Gasteiger partial charge >= 0.3 is 0 Å². The summed E-state index contributed by atoms with van der Waals surface area (Å²) in [6.07, 6.45) is 8.66. The molecule has 0 amide bonds. The third-order valence-corrected chi connectivity index (χ3v) is 12.1. The van der Waals surface area contributed by atoms with Crippen molar-refractivity contribution in [3.63, 3.8) is 0 Å². The molecule has 3 atom stereocenters. The first-order valence-corrected chi connectivity index (χ1v) is 24.9. The monoisotopic (exact) mass is 805 g/mol. The van der Waals surface area contributed by atoms with Crippen LogP contribution >= 0.6 is 22.1 Å². The molecule has 2 aliphatic rings. The van der Waals surface area contributed by atoms with Crippen LogP contribution in [0.3, 0.4) is 0 Å². The molecule has 0 bridgehead atoms. The molecule has 1 fully saturated rings. The molecule has 54 heavy (non-hydrogen) atoms. The van der Waals surface area contributed by atoms with Crippen LogP contribution in [0.4, 0.5) is 5.69 Å². The molecule has 1 saturated heterocycles. The summed E-state index contributed by atoms with van der Waals surface area (Å²) in [5.41, 5.74) is 7.86. The van der Waals surface area contributed by atoms with E-state index < -0.39 is 22.1 Å². The molecule has 1 heterocycles. The highest BCUT2D eigenvalue weighted by Crippen LogP contribution is 2.38. The Labute approximate surface area is 324 Å². The number of hydrogen-bond donors (Lipinski definition) is 3. The zero-order chi connectivity index (χ0) is 39.0. The van der Waals surface area contributed by atoms with Crippen LogP contribution in [0, 0.1) is 0 Å². The first kappa shape index (κ1) is 45.9. The van der Waals surface area contributed by atoms with Gasteiger partial charge in [0.05, 0.1) is 18.9 Å². The minimum absolute atomic E-state index is 0. The summed E-state index contributed by atoms with van der Waals surface area (Å²) < 4.78 is 39.5. The molecule has 3 N–H and O–H groups in total. The van der Waals surface area contributed by atoms with Crippen molar-refractivity contribution >= 4 is 39.1 Å². The van der Waals surface area contributed by atoms with Crippen molar-refractivity contribution in [3.8, 4) is 0 Å². The quantitative estimate of drug-likeness (QED) is 0.202. The topological polar surface area (TPSA) is 131 Å². The average Bonchev–Trinajstić information content (AvgIpc) is 3.05. The molecule has 1 aliphatic carbocycles. The molecule has 1 aliphatic heterocycles. The van der Waals surface area contributed by atoms with Gasteiger partial charge in [-0.15, -0.1) is 0 Å². The lowest BCUT2D eigenvalue weighted by molar-refractivity contribution is -0.462. The highest BCUT2D eigenvalue weighted by Gasteiger charge is 2.25. The Kier molecular flexibility index (Phi) is 17.1. The Morgan fingerprint density at radius 1 is 0.611 bits per heavy atom. The van der Waals surface area contributed by atoms with E-state index in [2.05, 4.69) is 87.2 Å². The van der Waals surface area contributed by atoms with Gasteiger partial charge in [0, 0.05) is 111 Å². The van der Waals surface area contributed by atoms with Crippen LogP contribution in [-0.2, 0) is 20.2 Å². The first-order valence-electron chi connectivity index (χ1n) is 18.0. The Balaban J connectivity index is 0.00000784. The molecular formula is C39H64N6O6P3+. The lowest BCUT2D eigenvalue weighted by Gasteiger charge is -2.35. The lowest BCUT2D eigenvalue weighted by Crippen LogP contribution is -2.46. The Hall–Kier alpha value is -2.46. The second-order valence-electron chi connectivity index (χ2n) is 15.2. The van der Waals surface area contributed by atoms with Gasteiger partial charge in [-0.2, -0.15) is 0 Å². The molecule has 0 radical (unpaired) electrons. The number of hydrogen-bond acceptors (Lipinski definition) is 8. The highest BCUT2D eigenvalue weighted by molar-refractivity contribution is 7.57. The van der Waals surface area contributed by atoms with Crippen LogP contribution in [0.1, 0.15) is 24.1 Å². The van der Waals surface area contributed by atoms with Crippen LogP contribution < -0.4 is 4.90 Å². The standard InChI is InChI=1S/C38H59N6O6P3.CH4/c1-39(2)36-16-12-34(13-17-36)38(35-14-18-37(19-15-35)40(3)4)33-10-8-32(9-11-33)28-41-20-22-42(29-51(5,45)46)24-26-44(31-53(7,49)50)27-25-43(23-21-41)30-52(6,47)48;/h8-19H,20-31H2,1-7H3,(H2-,45,46,47,48,49,50);1H4/p+1. The fraction of sp³-hybridized carbons (Fsp3) is 0.513. The minimum Gasteiger partial charge on any atom is -0.378 e. The largest absolute Gasteiger partial charge is 0.378 e. The lowest BCUT2D eigenvalue weighted by atomic mass is 9.90. The van der Waals surface area contributed by atoms with E-state index in [1.54, 1.807) is 0 Å². The van der Waals surface area contributed by atoms with Crippen molar-refractivity contribution in [2.45, 2.75) is 14.0 Å². The molecule has 4 rings (SSSR count). The zero-order valence-corrected chi connectivity index (χ0v) is 35.2. The fourth-order valence-corrected chi connectivity index (χ4v) is 9.74. The Morgan fingerprint density at radius 2 is 0.963 bits per heavy atom. The number of allylic oxidation sites excluding steroid dienone is 5. The molecule has 0 aromatic heterocycles. The van der Waals surface area contributed by atoms with Crippen molar-refractivity contribution in [2.24, 2.45) is 0 Å². The van der Waals surface area contributed by atoms with Gasteiger partial charge in [-0.05, 0) is 52.1 Å². The second-order valence-corrected chi connectivity index (χ2v) is 22.3. The summed E-state index contributed by atoms with van der Waals surface area (Å²) in [5.74, 6) is 0. The summed E-state index contributed by atoms with van der Waals surface area (Å²) in [5, 5.41) is 0. The van der Waals surface area contributed by atoms with Crippen molar-refractivity contribution in [1.82, 2.24) is 19.6 Å². The molecule has 0 spiro atoms. The van der Waals surface area contributed by atoms with E-state index in [-0.39, 0.29) is 26.3 Å². The molecule has 15 heteroatoms. The van der Waals surface area contributed by atoms with Crippen LogP contribution in [0.25, 0.3) is 5.57 Å². The maximum Gasteiger partial charge on any atom is 0.211 e. The van der Waals surface area contributed by atoms with E-state index in [9.17, 15) is 28.4 Å². The van der Waals surface area contributed by atoms with Crippen molar-refractivity contribution < 1.29 is 33.0 Å². The first-order chi connectivity index (χ1) is 24.7. The van der Waals surface area contributed by atoms with Gasteiger partial charge in [0.15, 0.2) is 5.71 Å². The van der Waals surface area contributed by atoms with Gasteiger partial charge in [0.25, 0.3) is 0 Å². The molecule has 2 aromatic rings. The van der Waals surface area contributed by atoms with Gasteiger partial charge in [-0.25, -0.2) is 4.58 Å². The SMILES string of the molecule is C.CN(C)c1ccc(C(=C2C=CC(=[N+](C)C)C=C2)c2ccc(CN3CCN(CP(C)(=O)O)CCN(CP(C)(=O)O)CCN(CP(C)(=O)O)CC3)cc2)cc1. The van der Waals surface area contributed by atoms with E-state index in [1.807, 2.05) is 42.9 Å². The van der Waals surface area contributed by atoms with Gasteiger partial charge in [0.2, 0.25) is 22.1 Å². The van der Waals surface area contributed by atoms with E-state index in [4.69, 9.17) is 0 Å². The number of rotatable bonds is 11. The molecule has 3 unspecified atom stereocenters. The van der Waals surface area contributed by atoms with E-state index in [1.165, 1.54) is 20.0 Å². The van der Waals surface area contributed by atoms with Crippen molar-refractivity contribution in [3.05, 3.63) is 95.1 Å². The predicted octanol–water partition coefficient (Wildman–Crippen LogP) is 5.32. The van der Waals surface area contributed by atoms with Gasteiger partial charge in [-0.3, -0.25) is 33.3 Å². The number of nitrogens with zero attached hydrogens (tertiary/aromatic N) is 6. The maximum atomic E-state index is 12.5. The smallest absolute Gasteiger partial charge is 0.211 e. The van der Waals surface area contributed by atoms with Crippen molar-refractivity contribution in [1.29, 1.82) is 0 Å². The summed E-state index contributed by atoms with van der Waals surface area (Å²) in [6, 6.07) is 17.2. The van der Waals surface area contributed by atoms with Crippen molar-refractivity contribution in [2.75, 3.05) is 124 Å². The van der Waals surface area contributed by atoms with Gasteiger partial charge in [0.1, 0.15) is 14.1 Å². The van der Waals surface area contributed by atoms with E-state index in [0.29, 0.717) is 58.9 Å². The Morgan fingerprint density at radius 3 is 1.30 bits per heavy atom. The van der Waals surface area contributed by atoms with Gasteiger partial charge < -0.3 is 19.6 Å². The predicted molar refractivity (Wildman–Crippen MR) is 227 cm³/mol. The normalized spacial score (nSPS) is 20.5. The third-order valence-electron chi connectivity index (χ3n) is 9.31. The highest BCUT2D eigenvalue weighted by atomic mass is 31.2. The number of anilines is 1.